The van der Waals surface area contributed by atoms with Crippen molar-refractivity contribution in [2.75, 3.05) is 30.0 Å². The summed E-state index contributed by atoms with van der Waals surface area (Å²) in [6, 6.07) is 20.1. The fraction of sp³-hybridized carbons (Fsp3) is 0.179. The predicted octanol–water partition coefficient (Wildman–Crippen LogP) is 6.11. The Hall–Kier alpha value is -4.37. The maximum atomic E-state index is 12.9. The molecule has 5 rings (SSSR count). The number of carbonyl (C=O) groups excluding carboxylic acids is 1. The van der Waals surface area contributed by atoms with Crippen LogP contribution in [-0.4, -0.2) is 41.6 Å². The summed E-state index contributed by atoms with van der Waals surface area (Å²) in [5.74, 6) is 0.790. The van der Waals surface area contributed by atoms with E-state index in [0.29, 0.717) is 52.2 Å². The number of hydrogen-bond donors (Lipinski definition) is 3. The van der Waals surface area contributed by atoms with Crippen LogP contribution in [0, 0.1) is 5.41 Å². The Kier molecular flexibility index (Phi) is 6.78. The Morgan fingerprint density at radius 3 is 2.49 bits per heavy atom. The summed E-state index contributed by atoms with van der Waals surface area (Å²) in [5.41, 5.74) is 2.74. The summed E-state index contributed by atoms with van der Waals surface area (Å²) in [5, 5.41) is 23.3. The zero-order chi connectivity index (χ0) is 25.9. The number of benzene rings is 3. The van der Waals surface area contributed by atoms with E-state index in [-0.39, 0.29) is 24.0 Å². The molecule has 8 nitrogen and oxygen atoms in total. The van der Waals surface area contributed by atoms with Gasteiger partial charge in [0.2, 0.25) is 0 Å². The van der Waals surface area contributed by atoms with Crippen LogP contribution in [0.4, 0.5) is 11.4 Å². The van der Waals surface area contributed by atoms with Crippen LogP contribution in [0.5, 0.6) is 11.5 Å². The lowest BCUT2D eigenvalue weighted by Crippen LogP contribution is -2.27. The molecule has 0 atom stereocenters. The molecule has 2 heterocycles. The number of para-hydroxylation sites is 1. The normalized spacial score (nSPS) is 13.4. The number of aliphatic hydroxyl groups is 1. The Morgan fingerprint density at radius 1 is 1.05 bits per heavy atom. The molecule has 0 saturated carbocycles. The molecule has 37 heavy (non-hydrogen) atoms. The number of thiazole rings is 1. The molecule has 0 spiro atoms. The number of carbonyl (C=O) groups is 1. The highest BCUT2D eigenvalue weighted by atomic mass is 32.1. The van der Waals surface area contributed by atoms with Gasteiger partial charge in [-0.05, 0) is 38.1 Å². The molecule has 0 saturated heterocycles. The van der Waals surface area contributed by atoms with Crippen molar-refractivity contribution in [3.05, 3.63) is 83.1 Å². The van der Waals surface area contributed by atoms with Crippen LogP contribution >= 0.6 is 11.3 Å². The fourth-order valence-corrected chi connectivity index (χ4v) is 5.21. The first-order valence-electron chi connectivity index (χ1n) is 11.9. The van der Waals surface area contributed by atoms with Crippen molar-refractivity contribution in [1.29, 1.82) is 5.41 Å². The van der Waals surface area contributed by atoms with E-state index in [2.05, 4.69) is 10.3 Å². The molecular formula is C28H26N4O4S. The molecule has 1 aromatic heterocycles. The number of hydrogen-bond acceptors (Lipinski definition) is 7. The highest BCUT2D eigenvalue weighted by Crippen LogP contribution is 2.43. The van der Waals surface area contributed by atoms with Gasteiger partial charge in [-0.3, -0.25) is 10.2 Å². The maximum Gasteiger partial charge on any atom is 0.255 e. The summed E-state index contributed by atoms with van der Waals surface area (Å²) >= 11 is 1.43. The largest absolute Gasteiger partial charge is 0.510 e. The van der Waals surface area contributed by atoms with Crippen LogP contribution in [0.1, 0.15) is 29.2 Å². The average molecular weight is 515 g/mol. The number of aromatic nitrogens is 1. The first kappa shape index (κ1) is 24.3. The lowest BCUT2D eigenvalue weighted by atomic mass is 10.1. The molecule has 0 radical (unpaired) electrons. The number of amidine groups is 1. The summed E-state index contributed by atoms with van der Waals surface area (Å²) in [4.78, 5) is 19.1. The number of rotatable bonds is 8. The monoisotopic (exact) mass is 514 g/mol. The summed E-state index contributed by atoms with van der Waals surface area (Å²) in [7, 11) is 0. The fourth-order valence-electron chi connectivity index (χ4n) is 4.18. The van der Waals surface area contributed by atoms with Crippen molar-refractivity contribution in [2.24, 2.45) is 0 Å². The highest BCUT2D eigenvalue weighted by Gasteiger charge is 2.33. The number of fused-ring (bicyclic) bond motifs is 1. The van der Waals surface area contributed by atoms with Crippen molar-refractivity contribution in [1.82, 2.24) is 4.98 Å². The summed E-state index contributed by atoms with van der Waals surface area (Å²) < 4.78 is 12.8. The van der Waals surface area contributed by atoms with E-state index >= 15 is 0 Å². The Morgan fingerprint density at radius 2 is 1.76 bits per heavy atom. The van der Waals surface area contributed by atoms with Crippen LogP contribution < -0.4 is 19.7 Å². The maximum absolute atomic E-state index is 12.9. The van der Waals surface area contributed by atoms with Gasteiger partial charge in [-0.15, -0.1) is 11.3 Å². The van der Waals surface area contributed by atoms with Crippen LogP contribution in [-0.2, 0) is 0 Å². The van der Waals surface area contributed by atoms with Crippen LogP contribution in [0.15, 0.2) is 72.5 Å². The second-order valence-corrected chi connectivity index (χ2v) is 9.28. The lowest BCUT2D eigenvalue weighted by Gasteiger charge is -2.24. The molecule has 0 unspecified atom stereocenters. The zero-order valence-electron chi connectivity index (χ0n) is 20.4. The quantitative estimate of drug-likeness (QED) is 0.262. The highest BCUT2D eigenvalue weighted by molar-refractivity contribution is 7.19. The van der Waals surface area contributed by atoms with Gasteiger partial charge in [-0.25, -0.2) is 4.98 Å². The van der Waals surface area contributed by atoms with Gasteiger partial charge in [-0.1, -0.05) is 30.3 Å². The van der Waals surface area contributed by atoms with E-state index in [4.69, 9.17) is 14.9 Å². The van der Waals surface area contributed by atoms with E-state index in [1.807, 2.05) is 44.2 Å². The number of amides is 1. The van der Waals surface area contributed by atoms with Crippen LogP contribution in [0.25, 0.3) is 15.8 Å². The van der Waals surface area contributed by atoms with Gasteiger partial charge in [-0.2, -0.15) is 0 Å². The van der Waals surface area contributed by atoms with Crippen LogP contribution in [0.2, 0.25) is 0 Å². The topological polar surface area (TPSA) is 108 Å². The van der Waals surface area contributed by atoms with Crippen molar-refractivity contribution in [3.8, 4) is 11.5 Å². The zero-order valence-corrected chi connectivity index (χ0v) is 21.3. The molecule has 0 aliphatic carbocycles. The summed E-state index contributed by atoms with van der Waals surface area (Å²) in [6.45, 7) is 4.55. The second kappa shape index (κ2) is 10.3. The standard InChI is InChI=1S/C28H26N4O4S/c1-3-35-22-15-20(23(36-4-2)14-19(22)30-27(34)17-10-6-5-7-11-17)32-16-21(33)25(26(32)29)28-31-18-12-8-9-13-24(18)37-28/h5-15,29,33H,3-4,16H2,1-2H3,(H,30,34). The average Bonchev–Trinajstić information content (AvgIpc) is 3.45. The van der Waals surface area contributed by atoms with Gasteiger partial charge in [0.15, 0.2) is 0 Å². The Balaban J connectivity index is 1.51. The number of nitrogens with one attached hydrogen (secondary N) is 2. The summed E-state index contributed by atoms with van der Waals surface area (Å²) in [6.07, 6.45) is 0. The van der Waals surface area contributed by atoms with E-state index < -0.39 is 0 Å². The molecule has 3 N–H and O–H groups in total. The van der Waals surface area contributed by atoms with Gasteiger partial charge in [0.25, 0.3) is 5.91 Å². The van der Waals surface area contributed by atoms with E-state index in [1.54, 1.807) is 41.3 Å². The predicted molar refractivity (Wildman–Crippen MR) is 147 cm³/mol. The second-order valence-electron chi connectivity index (χ2n) is 8.25. The van der Waals surface area contributed by atoms with Crippen molar-refractivity contribution in [2.45, 2.75) is 13.8 Å². The third-order valence-electron chi connectivity index (χ3n) is 5.85. The Bertz CT molecular complexity index is 1480. The van der Waals surface area contributed by atoms with E-state index in [1.165, 1.54) is 11.3 Å². The van der Waals surface area contributed by atoms with Gasteiger partial charge >= 0.3 is 0 Å². The van der Waals surface area contributed by atoms with Crippen molar-refractivity contribution >= 4 is 50.2 Å². The SMILES string of the molecule is CCOc1cc(N2CC(O)=C(c3nc4ccccc4s3)C2=N)c(OCC)cc1NC(=O)c1ccccc1. The Labute approximate surface area is 218 Å². The third kappa shape index (κ3) is 4.73. The minimum atomic E-state index is -0.275. The molecule has 1 amide bonds. The molecule has 9 heteroatoms. The van der Waals surface area contributed by atoms with Crippen molar-refractivity contribution < 1.29 is 19.4 Å². The molecule has 3 aromatic carbocycles. The molecular weight excluding hydrogens is 488 g/mol. The molecule has 188 valence electrons. The lowest BCUT2D eigenvalue weighted by molar-refractivity contribution is 0.102. The number of anilines is 2. The van der Waals surface area contributed by atoms with Gasteiger partial charge in [0, 0.05) is 17.7 Å². The van der Waals surface area contributed by atoms with E-state index in [0.717, 1.165) is 10.2 Å². The smallest absolute Gasteiger partial charge is 0.255 e. The molecule has 1 aliphatic heterocycles. The minimum Gasteiger partial charge on any atom is -0.510 e. The minimum absolute atomic E-state index is 0.0610. The molecule has 4 aromatic rings. The number of ether oxygens (including phenoxy) is 2. The third-order valence-corrected chi connectivity index (χ3v) is 6.90. The molecule has 1 aliphatic rings. The van der Waals surface area contributed by atoms with Gasteiger partial charge in [0.1, 0.15) is 28.1 Å². The first-order chi connectivity index (χ1) is 18.0. The van der Waals surface area contributed by atoms with E-state index in [9.17, 15) is 9.90 Å². The van der Waals surface area contributed by atoms with Gasteiger partial charge < -0.3 is 24.8 Å². The van der Waals surface area contributed by atoms with Crippen LogP contribution in [0.3, 0.4) is 0 Å². The number of nitrogens with zero attached hydrogens (tertiary/aromatic N) is 2. The van der Waals surface area contributed by atoms with Crippen molar-refractivity contribution in [3.63, 3.8) is 0 Å². The first-order valence-corrected chi connectivity index (χ1v) is 12.8. The molecule has 0 fully saturated rings. The number of aliphatic hydroxyl groups excluding tert-OH is 1. The molecule has 0 bridgehead atoms. The van der Waals surface area contributed by atoms with Gasteiger partial charge in [0.05, 0.1) is 46.9 Å².